The van der Waals surface area contributed by atoms with E-state index in [9.17, 15) is 13.6 Å². The van der Waals surface area contributed by atoms with Gasteiger partial charge in [-0.05, 0) is 24.3 Å². The number of hydrogen-bond acceptors (Lipinski definition) is 4. The smallest absolute Gasteiger partial charge is 0.288 e. The summed E-state index contributed by atoms with van der Waals surface area (Å²) in [5.41, 5.74) is 5.85. The maximum absolute atomic E-state index is 12.1. The van der Waals surface area contributed by atoms with E-state index in [0.29, 0.717) is 22.3 Å². The highest BCUT2D eigenvalue weighted by atomic mass is 35.5. The average molecular weight is 313 g/mol. The van der Waals surface area contributed by atoms with Crippen molar-refractivity contribution in [3.05, 3.63) is 24.3 Å². The lowest BCUT2D eigenvalue weighted by Gasteiger charge is -2.13. The van der Waals surface area contributed by atoms with E-state index in [4.69, 9.17) is 10.5 Å². The van der Waals surface area contributed by atoms with Gasteiger partial charge in [-0.3, -0.25) is 4.79 Å². The van der Waals surface area contributed by atoms with Crippen molar-refractivity contribution in [3.63, 3.8) is 0 Å². The highest BCUT2D eigenvalue weighted by Crippen LogP contribution is 2.26. The highest BCUT2D eigenvalue weighted by molar-refractivity contribution is 7.99. The number of halogens is 3. The minimum Gasteiger partial charge on any atom is -0.370 e. The molecule has 0 saturated carbocycles. The fourth-order valence-electron chi connectivity index (χ4n) is 1.25. The molecule has 1 rings (SSSR count). The highest BCUT2D eigenvalue weighted by Gasteiger charge is 2.15. The molecule has 1 amide bonds. The van der Waals surface area contributed by atoms with Crippen molar-refractivity contribution in [1.29, 1.82) is 0 Å². The van der Waals surface area contributed by atoms with Crippen molar-refractivity contribution in [2.45, 2.75) is 16.8 Å². The minimum atomic E-state index is -2.46. The number of nitrogens with two attached hydrogens (primary N) is 1. The van der Waals surface area contributed by atoms with Crippen LogP contribution in [-0.2, 0) is 9.53 Å². The Labute approximate surface area is 120 Å². The van der Waals surface area contributed by atoms with Crippen LogP contribution in [0.5, 0.6) is 0 Å². The molecule has 3 N–H and O–H groups in total. The van der Waals surface area contributed by atoms with Crippen LogP contribution in [0, 0.1) is 0 Å². The second-order valence-corrected chi connectivity index (χ2v) is 4.42. The third kappa shape index (κ3) is 6.20. The zero-order chi connectivity index (χ0) is 13.5. The molecule has 1 aromatic rings. The van der Waals surface area contributed by atoms with E-state index in [1.807, 2.05) is 0 Å². The van der Waals surface area contributed by atoms with Crippen molar-refractivity contribution in [1.82, 2.24) is 0 Å². The number of thioether (sulfide) groups is 1. The van der Waals surface area contributed by atoms with Gasteiger partial charge in [0.25, 0.3) is 11.7 Å². The molecule has 1 atom stereocenters. The van der Waals surface area contributed by atoms with Crippen LogP contribution in [0.4, 0.5) is 14.5 Å². The second-order valence-electron chi connectivity index (χ2n) is 3.35. The van der Waals surface area contributed by atoms with E-state index >= 15 is 0 Å². The maximum Gasteiger partial charge on any atom is 0.288 e. The Morgan fingerprint density at radius 1 is 1.42 bits per heavy atom. The third-order valence-corrected chi connectivity index (χ3v) is 2.86. The average Bonchev–Trinajstić information content (AvgIpc) is 2.32. The predicted octanol–water partition coefficient (Wildman–Crippen LogP) is 2.34. The van der Waals surface area contributed by atoms with Gasteiger partial charge in [-0.2, -0.15) is 8.78 Å². The van der Waals surface area contributed by atoms with Gasteiger partial charge in [0.2, 0.25) is 0 Å². The molecule has 0 radical (unpaired) electrons. The summed E-state index contributed by atoms with van der Waals surface area (Å²) in [6.45, 7) is 0.0711. The summed E-state index contributed by atoms with van der Waals surface area (Å²) < 4.78 is 29.1. The maximum atomic E-state index is 12.1. The number of hydrogen-bond donors (Lipinski definition) is 2. The number of nitrogens with one attached hydrogen (secondary N) is 1. The molecule has 0 aliphatic carbocycles. The molecule has 108 valence electrons. The molecule has 19 heavy (non-hydrogen) atoms. The Bertz CT molecular complexity index is 389. The van der Waals surface area contributed by atoms with Crippen LogP contribution in [0.25, 0.3) is 0 Å². The first kappa shape index (κ1) is 18.1. The number of amides is 1. The molecule has 0 heterocycles. The van der Waals surface area contributed by atoms with E-state index in [0.717, 1.165) is 0 Å². The number of ether oxygens (including phenoxy) is 1. The summed E-state index contributed by atoms with van der Waals surface area (Å²) in [7, 11) is 1.39. The number of methoxy groups -OCH3 is 1. The predicted molar refractivity (Wildman–Crippen MR) is 74.0 cm³/mol. The minimum absolute atomic E-state index is 0. The molecule has 1 unspecified atom stereocenters. The Balaban J connectivity index is 0.00000324. The summed E-state index contributed by atoms with van der Waals surface area (Å²) in [5.74, 6) is -2.82. The van der Waals surface area contributed by atoms with E-state index in [1.165, 1.54) is 19.2 Å². The van der Waals surface area contributed by atoms with Crippen molar-refractivity contribution >= 4 is 35.8 Å². The summed E-state index contributed by atoms with van der Waals surface area (Å²) >= 11 is 0.451. The van der Waals surface area contributed by atoms with Crippen LogP contribution in [0.3, 0.4) is 0 Å². The standard InChI is InChI=1S/C11H14F2N2O2S.ClH/c1-17-9(6-14)10(16)15-7-2-4-8(5-3-7)18-11(12)13;/h2-5,9,11H,6,14H2,1H3,(H,15,16);1H. The lowest BCUT2D eigenvalue weighted by atomic mass is 10.3. The van der Waals surface area contributed by atoms with Gasteiger partial charge in [0.05, 0.1) is 0 Å². The zero-order valence-electron chi connectivity index (χ0n) is 10.1. The normalized spacial score (nSPS) is 11.8. The monoisotopic (exact) mass is 312 g/mol. The number of carbonyl (C=O) groups is 1. The number of carbonyl (C=O) groups excluding carboxylic acids is 1. The quantitative estimate of drug-likeness (QED) is 0.791. The van der Waals surface area contributed by atoms with Gasteiger partial charge in [-0.15, -0.1) is 12.4 Å². The summed E-state index contributed by atoms with van der Waals surface area (Å²) in [6, 6.07) is 6.12. The first-order valence-electron chi connectivity index (χ1n) is 5.15. The van der Waals surface area contributed by atoms with Crippen molar-refractivity contribution in [2.24, 2.45) is 5.73 Å². The Morgan fingerprint density at radius 3 is 2.42 bits per heavy atom. The van der Waals surface area contributed by atoms with E-state index in [2.05, 4.69) is 5.32 Å². The Kier molecular flexibility index (Phi) is 8.66. The number of rotatable bonds is 6. The van der Waals surface area contributed by atoms with Gasteiger partial charge in [0.1, 0.15) is 6.10 Å². The second kappa shape index (κ2) is 9.08. The molecule has 0 bridgehead atoms. The third-order valence-electron chi connectivity index (χ3n) is 2.14. The molecule has 1 aromatic carbocycles. The topological polar surface area (TPSA) is 64.3 Å². The van der Waals surface area contributed by atoms with Crippen LogP contribution in [0.15, 0.2) is 29.2 Å². The largest absolute Gasteiger partial charge is 0.370 e. The van der Waals surface area contributed by atoms with Gasteiger partial charge in [0.15, 0.2) is 0 Å². The fourth-order valence-corrected chi connectivity index (χ4v) is 1.75. The van der Waals surface area contributed by atoms with E-state index in [-0.39, 0.29) is 24.9 Å². The number of anilines is 1. The summed E-state index contributed by atoms with van der Waals surface area (Å²) in [4.78, 5) is 12.0. The lowest BCUT2D eigenvalue weighted by Crippen LogP contribution is -2.35. The Morgan fingerprint density at radius 2 is 2.00 bits per heavy atom. The van der Waals surface area contributed by atoms with Crippen LogP contribution in [-0.4, -0.2) is 31.4 Å². The van der Waals surface area contributed by atoms with Gasteiger partial charge < -0.3 is 15.8 Å². The van der Waals surface area contributed by atoms with Gasteiger partial charge in [0, 0.05) is 24.2 Å². The number of benzene rings is 1. The molecular formula is C11H15ClF2N2O2S. The van der Waals surface area contributed by atoms with Crippen molar-refractivity contribution < 1.29 is 18.3 Å². The Hall–Kier alpha value is -0.890. The van der Waals surface area contributed by atoms with Crippen LogP contribution >= 0.6 is 24.2 Å². The first-order chi connectivity index (χ1) is 8.56. The van der Waals surface area contributed by atoms with Gasteiger partial charge in [-0.1, -0.05) is 11.8 Å². The molecule has 8 heteroatoms. The lowest BCUT2D eigenvalue weighted by molar-refractivity contribution is -0.125. The SMILES string of the molecule is COC(CN)C(=O)Nc1ccc(SC(F)F)cc1.Cl. The molecule has 0 aliphatic rings. The molecule has 0 aromatic heterocycles. The van der Waals surface area contributed by atoms with Crippen LogP contribution in [0.2, 0.25) is 0 Å². The van der Waals surface area contributed by atoms with E-state index in [1.54, 1.807) is 12.1 Å². The van der Waals surface area contributed by atoms with Gasteiger partial charge >= 0.3 is 0 Å². The molecule has 0 fully saturated rings. The summed E-state index contributed by atoms with van der Waals surface area (Å²) in [5, 5.41) is 2.58. The molecule has 4 nitrogen and oxygen atoms in total. The van der Waals surface area contributed by atoms with E-state index < -0.39 is 11.9 Å². The van der Waals surface area contributed by atoms with Gasteiger partial charge in [-0.25, -0.2) is 0 Å². The zero-order valence-corrected chi connectivity index (χ0v) is 11.8. The number of alkyl halides is 2. The fraction of sp³-hybridized carbons (Fsp3) is 0.364. The first-order valence-corrected chi connectivity index (χ1v) is 6.03. The van der Waals surface area contributed by atoms with Crippen molar-refractivity contribution in [2.75, 3.05) is 19.0 Å². The molecule has 0 spiro atoms. The molecule has 0 aliphatic heterocycles. The van der Waals surface area contributed by atoms with Crippen molar-refractivity contribution in [3.8, 4) is 0 Å². The molecular weight excluding hydrogens is 298 g/mol. The van der Waals surface area contributed by atoms with Crippen LogP contribution in [0.1, 0.15) is 0 Å². The van der Waals surface area contributed by atoms with Crippen LogP contribution < -0.4 is 11.1 Å². The molecule has 0 saturated heterocycles. The summed E-state index contributed by atoms with van der Waals surface area (Å²) in [6.07, 6.45) is -0.722.